The number of hydrogen-bond donors (Lipinski definition) is 0. The van der Waals surface area contributed by atoms with Crippen LogP contribution in [-0.4, -0.2) is 33.6 Å². The molecule has 3 rings (SSSR count). The monoisotopic (exact) mass is 419 g/mol. The predicted octanol–water partition coefficient (Wildman–Crippen LogP) is 4.94. The largest absolute Gasteiger partial charge is 0.406 e. The zero-order chi connectivity index (χ0) is 20.9. The van der Waals surface area contributed by atoms with Gasteiger partial charge in [0.25, 0.3) is 0 Å². The minimum Gasteiger partial charge on any atom is -0.337 e. The molecule has 152 valence electrons. The fraction of sp³-hybridized carbons (Fsp3) is 0.238. The molecule has 4 nitrogen and oxygen atoms in total. The zero-order valence-corrected chi connectivity index (χ0v) is 16.5. The van der Waals surface area contributed by atoms with Crippen LogP contribution in [0.4, 0.5) is 13.2 Å². The molecule has 0 aliphatic heterocycles. The number of thioether (sulfide) groups is 1. The summed E-state index contributed by atoms with van der Waals surface area (Å²) in [5.74, 6) is -0.0127. The third-order valence-corrected chi connectivity index (χ3v) is 5.48. The number of halogens is 3. The molecule has 0 spiro atoms. The highest BCUT2D eigenvalue weighted by atomic mass is 32.2. The second-order valence-corrected chi connectivity index (χ2v) is 7.68. The number of amides is 1. The van der Waals surface area contributed by atoms with Crippen molar-refractivity contribution in [2.45, 2.75) is 29.4 Å². The Labute approximate surface area is 171 Å². The highest BCUT2D eigenvalue weighted by Gasteiger charge is 2.30. The van der Waals surface area contributed by atoms with Crippen molar-refractivity contribution < 1.29 is 18.0 Å². The van der Waals surface area contributed by atoms with Gasteiger partial charge in [0.2, 0.25) is 5.91 Å². The summed E-state index contributed by atoms with van der Waals surface area (Å²) in [6.45, 7) is -1.15. The van der Waals surface area contributed by atoms with Crippen molar-refractivity contribution in [3.63, 3.8) is 0 Å². The molecular weight excluding hydrogens is 399 g/mol. The van der Waals surface area contributed by atoms with Gasteiger partial charge < -0.3 is 9.47 Å². The van der Waals surface area contributed by atoms with Crippen LogP contribution in [0.2, 0.25) is 0 Å². The molecule has 0 bridgehead atoms. The SMILES string of the molecule is CN(Cc1nccn1CC(F)(F)F)C(=O)C(Sc1ccccc1)c1ccccc1. The number of rotatable bonds is 7. The Hall–Kier alpha value is -2.74. The first-order valence-corrected chi connectivity index (χ1v) is 9.80. The van der Waals surface area contributed by atoms with Gasteiger partial charge in [-0.3, -0.25) is 4.79 Å². The summed E-state index contributed by atoms with van der Waals surface area (Å²) < 4.78 is 39.3. The normalized spacial score (nSPS) is 12.6. The molecule has 0 fully saturated rings. The Kier molecular flexibility index (Phi) is 6.64. The number of benzene rings is 2. The van der Waals surface area contributed by atoms with E-state index in [0.29, 0.717) is 0 Å². The molecule has 0 aliphatic carbocycles. The molecule has 0 radical (unpaired) electrons. The van der Waals surface area contributed by atoms with Crippen LogP contribution in [0.3, 0.4) is 0 Å². The van der Waals surface area contributed by atoms with E-state index in [4.69, 9.17) is 0 Å². The lowest BCUT2D eigenvalue weighted by Gasteiger charge is -2.24. The lowest BCUT2D eigenvalue weighted by atomic mass is 10.1. The smallest absolute Gasteiger partial charge is 0.337 e. The minimum absolute atomic E-state index is 0.0133. The van der Waals surface area contributed by atoms with Crippen LogP contribution >= 0.6 is 11.8 Å². The van der Waals surface area contributed by atoms with Crippen molar-refractivity contribution in [3.05, 3.63) is 84.4 Å². The van der Waals surface area contributed by atoms with Gasteiger partial charge in [-0.05, 0) is 17.7 Å². The van der Waals surface area contributed by atoms with Crippen molar-refractivity contribution in [1.29, 1.82) is 0 Å². The average molecular weight is 419 g/mol. The number of alkyl halides is 3. The van der Waals surface area contributed by atoms with Gasteiger partial charge in [-0.2, -0.15) is 13.2 Å². The molecule has 29 heavy (non-hydrogen) atoms. The van der Waals surface area contributed by atoms with E-state index in [1.165, 1.54) is 29.1 Å². The average Bonchev–Trinajstić information content (AvgIpc) is 3.11. The van der Waals surface area contributed by atoms with Gasteiger partial charge in [0.05, 0.1) is 6.54 Å². The number of likely N-dealkylation sites (N-methyl/N-ethyl adjacent to an activating group) is 1. The maximum absolute atomic E-state index is 13.2. The number of carbonyl (C=O) groups excluding carboxylic acids is 1. The zero-order valence-electron chi connectivity index (χ0n) is 15.7. The van der Waals surface area contributed by atoms with Gasteiger partial charge in [-0.15, -0.1) is 11.8 Å². The number of aromatic nitrogens is 2. The van der Waals surface area contributed by atoms with Crippen molar-refractivity contribution >= 4 is 17.7 Å². The molecule has 1 unspecified atom stereocenters. The van der Waals surface area contributed by atoms with Crippen molar-refractivity contribution in [3.8, 4) is 0 Å². The van der Waals surface area contributed by atoms with Gasteiger partial charge in [-0.25, -0.2) is 4.98 Å². The standard InChI is InChI=1S/C21H20F3N3OS/c1-26(14-18-25-12-13-27(18)15-21(22,23)24)20(28)19(16-8-4-2-5-9-16)29-17-10-6-3-7-11-17/h2-13,19H,14-15H2,1H3. The van der Waals surface area contributed by atoms with E-state index in [1.54, 1.807) is 7.05 Å². The molecule has 1 amide bonds. The fourth-order valence-corrected chi connectivity index (χ4v) is 4.00. The maximum atomic E-state index is 13.2. The third kappa shape index (κ3) is 5.87. The Balaban J connectivity index is 1.80. The van der Waals surface area contributed by atoms with Gasteiger partial charge >= 0.3 is 6.18 Å². The summed E-state index contributed by atoms with van der Waals surface area (Å²) in [5, 5.41) is -0.519. The van der Waals surface area contributed by atoms with Crippen molar-refractivity contribution in [2.24, 2.45) is 0 Å². The third-order valence-electron chi connectivity index (χ3n) is 4.23. The fourth-order valence-electron chi connectivity index (χ4n) is 2.84. The van der Waals surface area contributed by atoms with E-state index in [-0.39, 0.29) is 18.3 Å². The van der Waals surface area contributed by atoms with E-state index in [0.717, 1.165) is 15.0 Å². The van der Waals surface area contributed by atoms with Gasteiger partial charge in [0.1, 0.15) is 17.6 Å². The quantitative estimate of drug-likeness (QED) is 0.510. The molecule has 0 aliphatic rings. The van der Waals surface area contributed by atoms with E-state index >= 15 is 0 Å². The molecule has 0 saturated carbocycles. The predicted molar refractivity (Wildman–Crippen MR) is 106 cm³/mol. The molecular formula is C21H20F3N3OS. The second kappa shape index (κ2) is 9.17. The van der Waals surface area contributed by atoms with Crippen LogP contribution in [0.15, 0.2) is 78.0 Å². The lowest BCUT2D eigenvalue weighted by molar-refractivity contribution is -0.141. The van der Waals surface area contributed by atoms with Crippen molar-refractivity contribution in [1.82, 2.24) is 14.5 Å². The molecule has 0 saturated heterocycles. The van der Waals surface area contributed by atoms with Gasteiger partial charge in [-0.1, -0.05) is 48.5 Å². The highest BCUT2D eigenvalue weighted by Crippen LogP contribution is 2.36. The van der Waals surface area contributed by atoms with Crippen LogP contribution in [-0.2, 0) is 17.9 Å². The number of imidazole rings is 1. The lowest BCUT2D eigenvalue weighted by Crippen LogP contribution is -2.32. The first kappa shape index (κ1) is 21.0. The summed E-state index contributed by atoms with van der Waals surface area (Å²) in [4.78, 5) is 19.6. The van der Waals surface area contributed by atoms with Crippen molar-refractivity contribution in [2.75, 3.05) is 7.05 Å². The van der Waals surface area contributed by atoms with E-state index in [2.05, 4.69) is 4.98 Å². The van der Waals surface area contributed by atoms with Crippen LogP contribution in [0.1, 0.15) is 16.6 Å². The molecule has 1 heterocycles. The Morgan fingerprint density at radius 3 is 2.34 bits per heavy atom. The van der Waals surface area contributed by atoms with E-state index in [9.17, 15) is 18.0 Å². The molecule has 3 aromatic rings. The van der Waals surface area contributed by atoms with Gasteiger partial charge in [0, 0.05) is 24.3 Å². The topological polar surface area (TPSA) is 38.1 Å². The van der Waals surface area contributed by atoms with E-state index < -0.39 is 18.0 Å². The summed E-state index contributed by atoms with van der Waals surface area (Å²) in [6.07, 6.45) is -1.77. The van der Waals surface area contributed by atoms with Crippen LogP contribution < -0.4 is 0 Å². The first-order valence-electron chi connectivity index (χ1n) is 8.92. The van der Waals surface area contributed by atoms with E-state index in [1.807, 2.05) is 60.7 Å². The van der Waals surface area contributed by atoms with Crippen LogP contribution in [0.25, 0.3) is 0 Å². The minimum atomic E-state index is -4.35. The number of nitrogens with zero attached hydrogens (tertiary/aromatic N) is 3. The Morgan fingerprint density at radius 1 is 1.10 bits per heavy atom. The summed E-state index contributed by atoms with van der Waals surface area (Å²) in [7, 11) is 1.58. The first-order chi connectivity index (χ1) is 13.8. The maximum Gasteiger partial charge on any atom is 0.406 e. The molecule has 1 atom stereocenters. The Morgan fingerprint density at radius 2 is 1.72 bits per heavy atom. The molecule has 8 heteroatoms. The highest BCUT2D eigenvalue weighted by molar-refractivity contribution is 8.00. The summed E-state index contributed by atoms with van der Waals surface area (Å²) in [6, 6.07) is 18.9. The number of hydrogen-bond acceptors (Lipinski definition) is 3. The number of carbonyl (C=O) groups is 1. The summed E-state index contributed by atoms with van der Waals surface area (Å²) in [5.41, 5.74) is 0.830. The Bertz CT molecular complexity index is 929. The molecule has 2 aromatic carbocycles. The van der Waals surface area contributed by atoms with Crippen LogP contribution in [0.5, 0.6) is 0 Å². The van der Waals surface area contributed by atoms with Crippen LogP contribution in [0, 0.1) is 0 Å². The second-order valence-electron chi connectivity index (χ2n) is 6.50. The molecule has 1 aromatic heterocycles. The van der Waals surface area contributed by atoms with Gasteiger partial charge in [0.15, 0.2) is 0 Å². The molecule has 0 N–H and O–H groups in total. The summed E-state index contributed by atoms with van der Waals surface area (Å²) >= 11 is 1.41.